The summed E-state index contributed by atoms with van der Waals surface area (Å²) in [6.07, 6.45) is 1.35. The summed E-state index contributed by atoms with van der Waals surface area (Å²) in [5, 5.41) is 0. The highest BCUT2D eigenvalue weighted by atomic mass is 28.2. The van der Waals surface area contributed by atoms with Crippen LogP contribution in [0.2, 0.25) is 6.55 Å². The van der Waals surface area contributed by atoms with E-state index in [0.717, 1.165) is 0 Å². The Labute approximate surface area is 76.5 Å². The van der Waals surface area contributed by atoms with E-state index in [1.54, 1.807) is 14.2 Å². The fourth-order valence-corrected chi connectivity index (χ4v) is 2.46. The number of hydrogen-bond acceptors (Lipinski definition) is 3. The summed E-state index contributed by atoms with van der Waals surface area (Å²) in [5.74, 6) is 0. The fraction of sp³-hybridized carbons (Fsp3) is 0.750. The molecule has 0 heterocycles. The van der Waals surface area contributed by atoms with Crippen molar-refractivity contribution in [3.63, 3.8) is 0 Å². The topological polar surface area (TPSA) is 27.7 Å². The smallest absolute Gasteiger partial charge is 0.207 e. The predicted octanol–water partition coefficient (Wildman–Crippen LogP) is 0.698. The molecule has 12 heavy (non-hydrogen) atoms. The van der Waals surface area contributed by atoms with Gasteiger partial charge < -0.3 is 14.2 Å². The van der Waals surface area contributed by atoms with Gasteiger partial charge in [-0.1, -0.05) is 13.1 Å². The molecule has 0 aliphatic rings. The summed E-state index contributed by atoms with van der Waals surface area (Å²) in [6, 6.07) is 0. The molecule has 0 radical (unpaired) electrons. The maximum absolute atomic E-state index is 5.36. The second-order valence-corrected chi connectivity index (χ2v) is 4.22. The van der Waals surface area contributed by atoms with Gasteiger partial charge in [0.1, 0.15) is 15.6 Å². The monoisotopic (exact) mass is 190 g/mol. The first-order chi connectivity index (χ1) is 5.66. The SMILES string of the molecule is C=COC(OC)([SiH2]C)C(C)OC. The van der Waals surface area contributed by atoms with E-state index >= 15 is 0 Å². The van der Waals surface area contributed by atoms with Crippen molar-refractivity contribution in [2.75, 3.05) is 14.2 Å². The molecule has 0 aromatic heterocycles. The standard InChI is InChI=1S/C8H18O3Si/c1-6-11-8(10-4,12-5)7(2)9-3/h6-7H,1,12H2,2-5H3. The van der Waals surface area contributed by atoms with Gasteiger partial charge in [0.15, 0.2) is 0 Å². The number of ether oxygens (including phenoxy) is 3. The Morgan fingerprint density at radius 3 is 2.33 bits per heavy atom. The number of hydrogen-bond donors (Lipinski definition) is 0. The van der Waals surface area contributed by atoms with E-state index in [1.807, 2.05) is 6.92 Å². The van der Waals surface area contributed by atoms with Crippen LogP contribution in [0.3, 0.4) is 0 Å². The van der Waals surface area contributed by atoms with E-state index in [0.29, 0.717) is 0 Å². The van der Waals surface area contributed by atoms with Gasteiger partial charge in [-0.15, -0.1) is 0 Å². The highest BCUT2D eigenvalue weighted by Gasteiger charge is 2.35. The van der Waals surface area contributed by atoms with Crippen LogP contribution < -0.4 is 0 Å². The summed E-state index contributed by atoms with van der Waals surface area (Å²) in [6.45, 7) is 7.57. The molecule has 2 atom stereocenters. The third kappa shape index (κ3) is 2.33. The van der Waals surface area contributed by atoms with E-state index in [4.69, 9.17) is 14.2 Å². The molecule has 72 valence electrons. The van der Waals surface area contributed by atoms with Crippen molar-refractivity contribution in [3.05, 3.63) is 12.8 Å². The van der Waals surface area contributed by atoms with Crippen LogP contribution in [-0.4, -0.2) is 35.3 Å². The lowest BCUT2D eigenvalue weighted by molar-refractivity contribution is -0.191. The molecule has 0 aromatic carbocycles. The summed E-state index contributed by atoms with van der Waals surface area (Å²) < 4.78 is 15.9. The molecule has 0 bridgehead atoms. The first-order valence-corrected chi connectivity index (χ1v) is 6.15. The predicted molar refractivity (Wildman–Crippen MR) is 51.9 cm³/mol. The zero-order valence-corrected chi connectivity index (χ0v) is 9.71. The summed E-state index contributed by atoms with van der Waals surface area (Å²) in [4.78, 5) is 0. The highest BCUT2D eigenvalue weighted by molar-refractivity contribution is 6.37. The Morgan fingerprint density at radius 1 is 1.50 bits per heavy atom. The fourth-order valence-electron chi connectivity index (χ4n) is 1.15. The quantitative estimate of drug-likeness (QED) is 0.350. The maximum atomic E-state index is 5.36. The van der Waals surface area contributed by atoms with Gasteiger partial charge in [0, 0.05) is 14.2 Å². The number of rotatable bonds is 6. The van der Waals surface area contributed by atoms with Gasteiger partial charge in [-0.25, -0.2) is 0 Å². The molecule has 0 aliphatic carbocycles. The minimum absolute atomic E-state index is 0.0582. The van der Waals surface area contributed by atoms with Gasteiger partial charge in [-0.05, 0) is 6.92 Å². The van der Waals surface area contributed by atoms with Gasteiger partial charge in [-0.2, -0.15) is 0 Å². The third-order valence-electron chi connectivity index (χ3n) is 2.09. The van der Waals surface area contributed by atoms with E-state index in [9.17, 15) is 0 Å². The van der Waals surface area contributed by atoms with Crippen molar-refractivity contribution < 1.29 is 14.2 Å². The molecule has 0 amide bonds. The minimum Gasteiger partial charge on any atom is -0.473 e. The van der Waals surface area contributed by atoms with Crippen LogP contribution in [0.15, 0.2) is 12.8 Å². The van der Waals surface area contributed by atoms with Gasteiger partial charge in [0.05, 0.1) is 6.26 Å². The highest BCUT2D eigenvalue weighted by Crippen LogP contribution is 2.18. The average molecular weight is 190 g/mol. The molecule has 0 aromatic rings. The minimum atomic E-state index is -0.559. The molecule has 0 spiro atoms. The van der Waals surface area contributed by atoms with Gasteiger partial charge in [0.25, 0.3) is 0 Å². The zero-order valence-electron chi connectivity index (χ0n) is 8.29. The molecule has 4 heteroatoms. The molecule has 0 N–H and O–H groups in total. The van der Waals surface area contributed by atoms with Crippen LogP contribution in [0.1, 0.15) is 6.92 Å². The van der Waals surface area contributed by atoms with Crippen molar-refractivity contribution in [1.82, 2.24) is 0 Å². The summed E-state index contributed by atoms with van der Waals surface area (Å²) >= 11 is 0. The van der Waals surface area contributed by atoms with Crippen molar-refractivity contribution in [3.8, 4) is 0 Å². The molecule has 0 rings (SSSR count). The molecule has 2 unspecified atom stereocenters. The normalized spacial score (nSPS) is 19.0. The molecule has 0 fully saturated rings. The molecular weight excluding hydrogens is 172 g/mol. The average Bonchev–Trinajstić information content (AvgIpc) is 2.13. The van der Waals surface area contributed by atoms with Crippen LogP contribution in [0, 0.1) is 0 Å². The Morgan fingerprint density at radius 2 is 2.08 bits per heavy atom. The van der Waals surface area contributed by atoms with Crippen LogP contribution >= 0.6 is 0 Å². The molecule has 3 nitrogen and oxygen atoms in total. The lowest BCUT2D eigenvalue weighted by Gasteiger charge is -2.35. The summed E-state index contributed by atoms with van der Waals surface area (Å²) in [7, 11) is 2.79. The molecule has 0 saturated heterocycles. The second kappa shape index (κ2) is 5.34. The van der Waals surface area contributed by atoms with Gasteiger partial charge in [-0.3, -0.25) is 0 Å². The van der Waals surface area contributed by atoms with Crippen molar-refractivity contribution in [1.29, 1.82) is 0 Å². The van der Waals surface area contributed by atoms with E-state index in [1.165, 1.54) is 6.26 Å². The maximum Gasteiger partial charge on any atom is 0.207 e. The molecular formula is C8H18O3Si. The van der Waals surface area contributed by atoms with Crippen LogP contribution in [0.5, 0.6) is 0 Å². The van der Waals surface area contributed by atoms with Crippen LogP contribution in [-0.2, 0) is 14.2 Å². The van der Waals surface area contributed by atoms with Crippen LogP contribution in [0.25, 0.3) is 0 Å². The molecule has 0 aliphatic heterocycles. The zero-order chi connectivity index (χ0) is 9.61. The second-order valence-electron chi connectivity index (χ2n) is 2.53. The van der Waals surface area contributed by atoms with Gasteiger partial charge >= 0.3 is 0 Å². The van der Waals surface area contributed by atoms with E-state index in [-0.39, 0.29) is 6.10 Å². The third-order valence-corrected chi connectivity index (χ3v) is 4.11. The van der Waals surface area contributed by atoms with Crippen LogP contribution in [0.4, 0.5) is 0 Å². The molecule has 0 saturated carbocycles. The van der Waals surface area contributed by atoms with Crippen molar-refractivity contribution in [2.24, 2.45) is 0 Å². The Bertz CT molecular complexity index is 134. The first-order valence-electron chi connectivity index (χ1n) is 4.03. The lowest BCUT2D eigenvalue weighted by atomic mass is 10.4. The Kier molecular flexibility index (Phi) is 5.20. The first kappa shape index (κ1) is 11.7. The summed E-state index contributed by atoms with van der Waals surface area (Å²) in [5.41, 5.74) is -0.559. The lowest BCUT2D eigenvalue weighted by Crippen LogP contribution is -2.49. The van der Waals surface area contributed by atoms with E-state index < -0.39 is 14.9 Å². The van der Waals surface area contributed by atoms with Gasteiger partial charge in [0.2, 0.25) is 5.41 Å². The van der Waals surface area contributed by atoms with Crippen molar-refractivity contribution >= 4 is 9.52 Å². The van der Waals surface area contributed by atoms with Crippen molar-refractivity contribution in [2.45, 2.75) is 25.0 Å². The largest absolute Gasteiger partial charge is 0.473 e. The van der Waals surface area contributed by atoms with E-state index in [2.05, 4.69) is 13.1 Å². The Balaban J connectivity index is 4.43. The Hall–Kier alpha value is -0.323. The number of methoxy groups -OCH3 is 2.